The van der Waals surface area contributed by atoms with E-state index in [1.54, 1.807) is 6.21 Å². The van der Waals surface area contributed by atoms with E-state index >= 15 is 0 Å². The summed E-state index contributed by atoms with van der Waals surface area (Å²) < 4.78 is 0. The summed E-state index contributed by atoms with van der Waals surface area (Å²) in [6.07, 6.45) is 2.77. The summed E-state index contributed by atoms with van der Waals surface area (Å²) in [7, 11) is 0. The number of urea groups is 1. The van der Waals surface area contributed by atoms with Crippen LogP contribution in [0.2, 0.25) is 0 Å². The fourth-order valence-corrected chi connectivity index (χ4v) is 3.55. The Balaban J connectivity index is 2.44. The van der Waals surface area contributed by atoms with Crippen molar-refractivity contribution in [3.8, 4) is 0 Å². The van der Waals surface area contributed by atoms with Gasteiger partial charge >= 0.3 is 6.03 Å². The average Bonchev–Trinajstić information content (AvgIpc) is 2.39. The fourth-order valence-electron chi connectivity index (χ4n) is 3.55. The molecule has 0 saturated heterocycles. The molecule has 1 aliphatic rings. The number of rotatable bonds is 3. The number of nitrogens with two attached hydrogens (primary N) is 1. The van der Waals surface area contributed by atoms with Crippen LogP contribution in [0.4, 0.5) is 10.5 Å². The highest BCUT2D eigenvalue weighted by Crippen LogP contribution is 2.43. The van der Waals surface area contributed by atoms with Crippen LogP contribution in [0.3, 0.4) is 0 Å². The number of fused-ring (bicyclic) bond motifs is 1. The van der Waals surface area contributed by atoms with Crippen LogP contribution in [0.1, 0.15) is 56.7 Å². The van der Waals surface area contributed by atoms with Gasteiger partial charge in [-0.1, -0.05) is 6.92 Å². The summed E-state index contributed by atoms with van der Waals surface area (Å²) in [5.41, 5.74) is 12.2. The van der Waals surface area contributed by atoms with Crippen molar-refractivity contribution < 1.29 is 4.79 Å². The van der Waals surface area contributed by atoms with E-state index in [2.05, 4.69) is 62.2 Å². The van der Waals surface area contributed by atoms with E-state index in [-0.39, 0.29) is 5.54 Å². The van der Waals surface area contributed by atoms with Crippen molar-refractivity contribution in [2.24, 2.45) is 10.8 Å². The fraction of sp³-hybridized carbons (Fsp3) is 0.529. The van der Waals surface area contributed by atoms with Crippen molar-refractivity contribution in [1.82, 2.24) is 5.43 Å². The van der Waals surface area contributed by atoms with Crippen LogP contribution in [-0.4, -0.2) is 24.3 Å². The zero-order chi connectivity index (χ0) is 16.5. The van der Waals surface area contributed by atoms with Gasteiger partial charge in [0.1, 0.15) is 0 Å². The lowest BCUT2D eigenvalue weighted by Gasteiger charge is -2.47. The maximum absolute atomic E-state index is 10.7. The van der Waals surface area contributed by atoms with Crippen molar-refractivity contribution in [2.45, 2.75) is 52.5 Å². The highest BCUT2D eigenvalue weighted by Gasteiger charge is 2.35. The normalized spacial score (nSPS) is 20.0. The Bertz CT molecular complexity index is 607. The molecule has 0 fully saturated rings. The number of hydrogen-bond donors (Lipinski definition) is 2. The van der Waals surface area contributed by atoms with Gasteiger partial charge in [0.15, 0.2) is 0 Å². The number of hydrazone groups is 1. The monoisotopic (exact) mass is 302 g/mol. The van der Waals surface area contributed by atoms with Gasteiger partial charge < -0.3 is 10.6 Å². The van der Waals surface area contributed by atoms with Crippen molar-refractivity contribution in [1.29, 1.82) is 0 Å². The third kappa shape index (κ3) is 3.08. The van der Waals surface area contributed by atoms with E-state index in [0.29, 0.717) is 5.92 Å². The number of hydrogen-bond acceptors (Lipinski definition) is 3. The summed E-state index contributed by atoms with van der Waals surface area (Å²) in [6.45, 7) is 12.1. The number of benzene rings is 1. The van der Waals surface area contributed by atoms with Crippen LogP contribution >= 0.6 is 0 Å². The van der Waals surface area contributed by atoms with Crippen molar-refractivity contribution in [3.05, 3.63) is 28.8 Å². The number of nitrogens with zero attached hydrogens (tertiary/aromatic N) is 2. The van der Waals surface area contributed by atoms with Crippen molar-refractivity contribution in [3.63, 3.8) is 0 Å². The van der Waals surface area contributed by atoms with Crippen molar-refractivity contribution in [2.75, 3.05) is 11.4 Å². The first-order valence-electron chi connectivity index (χ1n) is 7.77. The van der Waals surface area contributed by atoms with E-state index in [0.717, 1.165) is 24.1 Å². The second-order valence-electron chi connectivity index (χ2n) is 6.66. The Morgan fingerprint density at radius 2 is 2.23 bits per heavy atom. The second kappa shape index (κ2) is 5.99. The zero-order valence-electron chi connectivity index (χ0n) is 14.1. The molecule has 0 saturated carbocycles. The molecule has 0 radical (unpaired) electrons. The molecular formula is C17H26N4O. The van der Waals surface area contributed by atoms with Gasteiger partial charge in [-0.3, -0.25) is 0 Å². The largest absolute Gasteiger partial charge is 0.366 e. The number of nitrogens with one attached hydrogen (secondary N) is 1. The van der Waals surface area contributed by atoms with Gasteiger partial charge in [0, 0.05) is 17.8 Å². The molecule has 3 N–H and O–H groups in total. The minimum absolute atomic E-state index is 0.163. The first kappa shape index (κ1) is 16.3. The zero-order valence-corrected chi connectivity index (χ0v) is 14.1. The highest BCUT2D eigenvalue weighted by molar-refractivity contribution is 5.85. The Labute approximate surface area is 132 Å². The minimum atomic E-state index is -0.654. The molecule has 22 heavy (non-hydrogen) atoms. The molecule has 1 atom stereocenters. The standard InChI is InChI=1S/C17H26N4O/c1-6-21-15-7-11(2)13(10-19-20-16(18)22)8-14(15)12(3)9-17(21,4)5/h7-8,10,12H,6,9H2,1-5H3,(H3,18,20,22)/b19-10+. The summed E-state index contributed by atoms with van der Waals surface area (Å²) >= 11 is 0. The van der Waals surface area contributed by atoms with Gasteiger partial charge in [0.25, 0.3) is 0 Å². The predicted molar refractivity (Wildman–Crippen MR) is 91.6 cm³/mol. The smallest absolute Gasteiger partial charge is 0.332 e. The van der Waals surface area contributed by atoms with E-state index < -0.39 is 6.03 Å². The molecule has 0 spiro atoms. The van der Waals surface area contributed by atoms with Gasteiger partial charge in [-0.05, 0) is 68.9 Å². The van der Waals surface area contributed by atoms with Crippen LogP contribution in [0.25, 0.3) is 0 Å². The molecule has 0 bridgehead atoms. The average molecular weight is 302 g/mol. The van der Waals surface area contributed by atoms with Crippen LogP contribution in [0, 0.1) is 6.92 Å². The van der Waals surface area contributed by atoms with Gasteiger partial charge in [0.2, 0.25) is 0 Å². The summed E-state index contributed by atoms with van der Waals surface area (Å²) in [5, 5.41) is 3.88. The van der Waals surface area contributed by atoms with Crippen molar-refractivity contribution >= 4 is 17.9 Å². The quantitative estimate of drug-likeness (QED) is 0.665. The molecular weight excluding hydrogens is 276 g/mol. The molecule has 1 aromatic rings. The van der Waals surface area contributed by atoms with Crippen LogP contribution in [-0.2, 0) is 0 Å². The van der Waals surface area contributed by atoms with E-state index in [1.807, 2.05) is 0 Å². The Morgan fingerprint density at radius 1 is 1.55 bits per heavy atom. The lowest BCUT2D eigenvalue weighted by Crippen LogP contribution is -2.48. The number of anilines is 1. The van der Waals surface area contributed by atoms with Crippen LogP contribution in [0.15, 0.2) is 17.2 Å². The molecule has 0 aliphatic carbocycles. The second-order valence-corrected chi connectivity index (χ2v) is 6.66. The van der Waals surface area contributed by atoms with Gasteiger partial charge in [0.05, 0.1) is 6.21 Å². The van der Waals surface area contributed by atoms with Crippen LogP contribution in [0.5, 0.6) is 0 Å². The van der Waals surface area contributed by atoms with E-state index in [1.165, 1.54) is 11.3 Å². The molecule has 1 unspecified atom stereocenters. The molecule has 2 rings (SSSR count). The third-order valence-electron chi connectivity index (χ3n) is 4.47. The van der Waals surface area contributed by atoms with Gasteiger partial charge in [-0.15, -0.1) is 0 Å². The number of amides is 2. The first-order chi connectivity index (χ1) is 10.3. The Hall–Kier alpha value is -2.04. The SMILES string of the molecule is CCN1c2cc(C)c(/C=N/NC(N)=O)cc2C(C)CC1(C)C. The number of primary amides is 1. The Morgan fingerprint density at radius 3 is 2.82 bits per heavy atom. The van der Waals surface area contributed by atoms with E-state index in [4.69, 9.17) is 5.73 Å². The highest BCUT2D eigenvalue weighted by atomic mass is 16.2. The molecule has 5 heteroatoms. The predicted octanol–water partition coefficient (Wildman–Crippen LogP) is 3.11. The number of carbonyl (C=O) groups excluding carboxylic acids is 1. The summed E-state index contributed by atoms with van der Waals surface area (Å²) in [5.74, 6) is 0.490. The molecule has 1 aromatic carbocycles. The molecule has 1 aliphatic heterocycles. The molecule has 5 nitrogen and oxygen atoms in total. The molecule has 1 heterocycles. The number of aryl methyl sites for hydroxylation is 1. The first-order valence-corrected chi connectivity index (χ1v) is 7.77. The van der Waals surface area contributed by atoms with Gasteiger partial charge in [-0.2, -0.15) is 5.10 Å². The maximum Gasteiger partial charge on any atom is 0.332 e. The summed E-state index contributed by atoms with van der Waals surface area (Å²) in [6, 6.07) is 3.75. The minimum Gasteiger partial charge on any atom is -0.366 e. The summed E-state index contributed by atoms with van der Waals surface area (Å²) in [4.78, 5) is 13.2. The maximum atomic E-state index is 10.7. The molecule has 120 valence electrons. The molecule has 2 amide bonds. The third-order valence-corrected chi connectivity index (χ3v) is 4.47. The lowest BCUT2D eigenvalue weighted by atomic mass is 9.79. The number of carbonyl (C=O) groups is 1. The van der Waals surface area contributed by atoms with E-state index in [9.17, 15) is 4.79 Å². The lowest BCUT2D eigenvalue weighted by molar-refractivity contribution is 0.249. The van der Waals surface area contributed by atoms with Crippen LogP contribution < -0.4 is 16.1 Å². The topological polar surface area (TPSA) is 70.7 Å². The Kier molecular flexibility index (Phi) is 4.44. The molecule has 0 aromatic heterocycles. The van der Waals surface area contributed by atoms with Gasteiger partial charge in [-0.25, -0.2) is 10.2 Å².